The minimum Gasteiger partial charge on any atom is -0.493 e. The largest absolute Gasteiger partial charge is 0.493 e. The molecule has 0 amide bonds. The molecule has 0 saturated carbocycles. The second kappa shape index (κ2) is 3.25. The molecule has 0 aliphatic carbocycles. The van der Waals surface area contributed by atoms with Gasteiger partial charge in [-0.05, 0) is 24.6 Å². The lowest BCUT2D eigenvalue weighted by Crippen LogP contribution is -2.03. The number of hydrogen-bond acceptors (Lipinski definition) is 3. The van der Waals surface area contributed by atoms with Gasteiger partial charge in [0.25, 0.3) is 0 Å². The van der Waals surface area contributed by atoms with E-state index >= 15 is 0 Å². The summed E-state index contributed by atoms with van der Waals surface area (Å²) >= 11 is 0. The number of hydrogen-bond donors (Lipinski definition) is 1. The number of benzene rings is 1. The van der Waals surface area contributed by atoms with E-state index in [0.717, 1.165) is 5.56 Å². The Hall–Kier alpha value is -1.22. The summed E-state index contributed by atoms with van der Waals surface area (Å²) in [5.41, 5.74) is 1.11. The molecule has 3 nitrogen and oxygen atoms in total. The van der Waals surface area contributed by atoms with Crippen molar-refractivity contribution in [3.8, 4) is 11.5 Å². The fraction of sp³-hybridized carbons (Fsp3) is 0.250. The van der Waals surface area contributed by atoms with E-state index in [2.05, 4.69) is 4.84 Å². The second-order valence-corrected chi connectivity index (χ2v) is 2.27. The minimum atomic E-state index is 0.554. The summed E-state index contributed by atoms with van der Waals surface area (Å²) in [5.74, 6) is 6.21. The first-order chi connectivity index (χ1) is 5.27. The van der Waals surface area contributed by atoms with Crippen LogP contribution in [-0.2, 0) is 0 Å². The Labute approximate surface area is 65.7 Å². The van der Waals surface area contributed by atoms with Gasteiger partial charge in [0, 0.05) is 0 Å². The normalized spacial score (nSPS) is 9.36. The monoisotopic (exact) mass is 153 g/mol. The lowest BCUT2D eigenvalue weighted by Gasteiger charge is -2.05. The molecule has 0 saturated heterocycles. The number of ether oxygens (including phenoxy) is 1. The maximum atomic E-state index is 5.01. The Balaban J connectivity index is 3.06. The van der Waals surface area contributed by atoms with Crippen LogP contribution in [0.25, 0.3) is 0 Å². The van der Waals surface area contributed by atoms with Gasteiger partial charge in [0.2, 0.25) is 0 Å². The summed E-state index contributed by atoms with van der Waals surface area (Å²) in [7, 11) is 1.58. The molecule has 1 aromatic rings. The Morgan fingerprint density at radius 2 is 2.00 bits per heavy atom. The molecule has 0 atom stereocenters. The molecular weight excluding hydrogens is 142 g/mol. The van der Waals surface area contributed by atoms with Gasteiger partial charge >= 0.3 is 0 Å². The fourth-order valence-electron chi connectivity index (χ4n) is 0.872. The lowest BCUT2D eigenvalue weighted by molar-refractivity contribution is 0.306. The summed E-state index contributed by atoms with van der Waals surface area (Å²) in [6.07, 6.45) is 0. The Morgan fingerprint density at radius 1 is 1.27 bits per heavy atom. The van der Waals surface area contributed by atoms with Gasteiger partial charge in [-0.3, -0.25) is 0 Å². The molecule has 0 fully saturated rings. The summed E-state index contributed by atoms with van der Waals surface area (Å²) < 4.78 is 5.01. The van der Waals surface area contributed by atoms with Crippen LogP contribution in [-0.4, -0.2) is 7.11 Å². The first-order valence-corrected chi connectivity index (χ1v) is 3.29. The van der Waals surface area contributed by atoms with Crippen LogP contribution in [0.15, 0.2) is 18.2 Å². The average molecular weight is 153 g/mol. The Morgan fingerprint density at radius 3 is 2.55 bits per heavy atom. The summed E-state index contributed by atoms with van der Waals surface area (Å²) in [6, 6.07) is 5.54. The van der Waals surface area contributed by atoms with Gasteiger partial charge < -0.3 is 9.57 Å². The minimum absolute atomic E-state index is 0.554. The van der Waals surface area contributed by atoms with E-state index < -0.39 is 0 Å². The van der Waals surface area contributed by atoms with E-state index in [1.807, 2.05) is 19.1 Å². The smallest absolute Gasteiger partial charge is 0.188 e. The highest BCUT2D eigenvalue weighted by Gasteiger charge is 2.01. The van der Waals surface area contributed by atoms with E-state index in [-0.39, 0.29) is 0 Å². The van der Waals surface area contributed by atoms with Crippen molar-refractivity contribution < 1.29 is 9.57 Å². The molecule has 0 heterocycles. The van der Waals surface area contributed by atoms with Crippen LogP contribution in [0.5, 0.6) is 11.5 Å². The zero-order valence-corrected chi connectivity index (χ0v) is 6.63. The van der Waals surface area contributed by atoms with E-state index in [1.54, 1.807) is 13.2 Å². The van der Waals surface area contributed by atoms with Crippen LogP contribution in [0.1, 0.15) is 5.56 Å². The SMILES string of the molecule is COc1cc(C)ccc1ON. The molecule has 0 radical (unpaired) electrons. The van der Waals surface area contributed by atoms with Crippen molar-refractivity contribution in [2.45, 2.75) is 6.92 Å². The molecule has 0 aromatic heterocycles. The van der Waals surface area contributed by atoms with Gasteiger partial charge in [0.1, 0.15) is 0 Å². The predicted molar refractivity (Wildman–Crippen MR) is 42.5 cm³/mol. The summed E-state index contributed by atoms with van der Waals surface area (Å²) in [4.78, 5) is 4.57. The molecule has 11 heavy (non-hydrogen) atoms. The molecule has 0 bridgehead atoms. The van der Waals surface area contributed by atoms with Gasteiger partial charge in [-0.2, -0.15) is 5.90 Å². The van der Waals surface area contributed by atoms with Crippen molar-refractivity contribution in [1.29, 1.82) is 0 Å². The number of nitrogens with two attached hydrogens (primary N) is 1. The maximum absolute atomic E-state index is 5.01. The van der Waals surface area contributed by atoms with Crippen molar-refractivity contribution in [2.75, 3.05) is 7.11 Å². The third-order valence-electron chi connectivity index (χ3n) is 1.45. The number of rotatable bonds is 2. The Bertz CT molecular complexity index is 248. The number of methoxy groups -OCH3 is 1. The zero-order valence-electron chi connectivity index (χ0n) is 6.63. The molecule has 0 unspecified atom stereocenters. The van der Waals surface area contributed by atoms with Gasteiger partial charge in [0.05, 0.1) is 7.11 Å². The van der Waals surface area contributed by atoms with Crippen molar-refractivity contribution >= 4 is 0 Å². The first kappa shape index (κ1) is 7.88. The highest BCUT2D eigenvalue weighted by molar-refractivity contribution is 5.42. The zero-order chi connectivity index (χ0) is 8.27. The Kier molecular flexibility index (Phi) is 2.33. The third kappa shape index (κ3) is 1.62. The van der Waals surface area contributed by atoms with E-state index in [1.165, 1.54) is 0 Å². The molecule has 2 N–H and O–H groups in total. The van der Waals surface area contributed by atoms with E-state index in [4.69, 9.17) is 10.6 Å². The van der Waals surface area contributed by atoms with Crippen molar-refractivity contribution in [2.24, 2.45) is 5.90 Å². The van der Waals surface area contributed by atoms with Crippen LogP contribution in [0.3, 0.4) is 0 Å². The van der Waals surface area contributed by atoms with E-state index in [9.17, 15) is 0 Å². The molecule has 60 valence electrons. The van der Waals surface area contributed by atoms with Crippen LogP contribution >= 0.6 is 0 Å². The molecule has 0 aliphatic rings. The quantitative estimate of drug-likeness (QED) is 0.650. The molecule has 1 aromatic carbocycles. The summed E-state index contributed by atoms with van der Waals surface area (Å²) in [6.45, 7) is 1.98. The molecule has 0 spiro atoms. The lowest BCUT2D eigenvalue weighted by atomic mass is 10.2. The van der Waals surface area contributed by atoms with Crippen LogP contribution in [0.4, 0.5) is 0 Å². The van der Waals surface area contributed by atoms with Crippen LogP contribution < -0.4 is 15.5 Å². The fourth-order valence-corrected chi connectivity index (χ4v) is 0.872. The average Bonchev–Trinajstić information content (AvgIpc) is 2.04. The van der Waals surface area contributed by atoms with E-state index in [0.29, 0.717) is 11.5 Å². The predicted octanol–water partition coefficient (Wildman–Crippen LogP) is 1.26. The highest BCUT2D eigenvalue weighted by Crippen LogP contribution is 2.26. The first-order valence-electron chi connectivity index (χ1n) is 3.29. The standard InChI is InChI=1S/C8H11NO2/c1-6-3-4-7(11-9)8(5-6)10-2/h3-5H,9H2,1-2H3. The third-order valence-corrected chi connectivity index (χ3v) is 1.45. The van der Waals surface area contributed by atoms with Crippen LogP contribution in [0, 0.1) is 6.92 Å². The highest BCUT2D eigenvalue weighted by atomic mass is 16.6. The van der Waals surface area contributed by atoms with Gasteiger partial charge in [-0.25, -0.2) is 0 Å². The summed E-state index contributed by atoms with van der Waals surface area (Å²) in [5, 5.41) is 0. The molecule has 0 aliphatic heterocycles. The molecule has 3 heteroatoms. The number of aryl methyl sites for hydroxylation is 1. The van der Waals surface area contributed by atoms with Crippen molar-refractivity contribution in [3.63, 3.8) is 0 Å². The van der Waals surface area contributed by atoms with Crippen LogP contribution in [0.2, 0.25) is 0 Å². The van der Waals surface area contributed by atoms with Crippen molar-refractivity contribution in [3.05, 3.63) is 23.8 Å². The molecular formula is C8H11NO2. The molecule has 1 rings (SSSR count). The van der Waals surface area contributed by atoms with Gasteiger partial charge in [0.15, 0.2) is 11.5 Å². The van der Waals surface area contributed by atoms with Gasteiger partial charge in [-0.15, -0.1) is 0 Å². The maximum Gasteiger partial charge on any atom is 0.188 e. The van der Waals surface area contributed by atoms with Gasteiger partial charge in [-0.1, -0.05) is 6.07 Å². The topological polar surface area (TPSA) is 44.5 Å². The second-order valence-electron chi connectivity index (χ2n) is 2.27. The van der Waals surface area contributed by atoms with Crippen molar-refractivity contribution in [1.82, 2.24) is 0 Å².